The van der Waals surface area contributed by atoms with E-state index in [-0.39, 0.29) is 0 Å². The lowest BCUT2D eigenvalue weighted by Gasteiger charge is -2.33. The van der Waals surface area contributed by atoms with Gasteiger partial charge < -0.3 is 9.42 Å². The molecule has 0 aliphatic carbocycles. The molecule has 1 aromatic rings. The summed E-state index contributed by atoms with van der Waals surface area (Å²) in [4.78, 5) is 9.36. The van der Waals surface area contributed by atoms with Gasteiger partial charge in [0.1, 0.15) is 0 Å². The number of nitrogens with zero attached hydrogens (tertiary/aromatic N) is 4. The topological polar surface area (TPSA) is 45.4 Å². The van der Waals surface area contributed by atoms with E-state index in [1.165, 1.54) is 32.5 Å². The van der Waals surface area contributed by atoms with Gasteiger partial charge in [-0.25, -0.2) is 0 Å². The van der Waals surface area contributed by atoms with Gasteiger partial charge in [-0.05, 0) is 44.9 Å². The van der Waals surface area contributed by atoms with Crippen LogP contribution >= 0.6 is 0 Å². The van der Waals surface area contributed by atoms with E-state index in [0.29, 0.717) is 0 Å². The lowest BCUT2D eigenvalue weighted by Crippen LogP contribution is -2.38. The van der Waals surface area contributed by atoms with E-state index < -0.39 is 0 Å². The van der Waals surface area contributed by atoms with Crippen molar-refractivity contribution < 1.29 is 4.52 Å². The van der Waals surface area contributed by atoms with Crippen molar-refractivity contribution in [2.24, 2.45) is 5.92 Å². The van der Waals surface area contributed by atoms with Gasteiger partial charge in [-0.1, -0.05) is 25.9 Å². The Bertz CT molecular complexity index is 381. The van der Waals surface area contributed by atoms with E-state index in [2.05, 4.69) is 33.8 Å². The summed E-state index contributed by atoms with van der Waals surface area (Å²) >= 11 is 0. The van der Waals surface area contributed by atoms with Crippen LogP contribution in [0.2, 0.25) is 0 Å². The average molecular weight is 280 g/mol. The maximum Gasteiger partial charge on any atom is 0.240 e. The molecule has 1 aromatic heterocycles. The van der Waals surface area contributed by atoms with Crippen LogP contribution in [0.25, 0.3) is 0 Å². The molecule has 0 aromatic carbocycles. The molecule has 20 heavy (non-hydrogen) atoms. The zero-order chi connectivity index (χ0) is 14.4. The first kappa shape index (κ1) is 15.4. The van der Waals surface area contributed by atoms with Crippen LogP contribution in [0.1, 0.15) is 45.3 Å². The largest absolute Gasteiger partial charge is 0.338 e. The third-order valence-electron chi connectivity index (χ3n) is 4.30. The maximum absolute atomic E-state index is 5.27. The summed E-state index contributed by atoms with van der Waals surface area (Å²) < 4.78 is 5.27. The van der Waals surface area contributed by atoms with Gasteiger partial charge in [-0.3, -0.25) is 4.90 Å². The normalized spacial score (nSPS) is 18.0. The van der Waals surface area contributed by atoms with Crippen molar-refractivity contribution in [3.05, 3.63) is 11.7 Å². The molecule has 0 bridgehead atoms. The highest BCUT2D eigenvalue weighted by atomic mass is 16.5. The van der Waals surface area contributed by atoms with Crippen molar-refractivity contribution in [2.75, 3.05) is 32.7 Å². The van der Waals surface area contributed by atoms with E-state index >= 15 is 0 Å². The predicted octanol–water partition coefficient (Wildman–Crippen LogP) is 2.19. The molecule has 1 saturated heterocycles. The van der Waals surface area contributed by atoms with Crippen LogP contribution in [-0.2, 0) is 13.0 Å². The molecule has 0 unspecified atom stereocenters. The number of hydrogen-bond acceptors (Lipinski definition) is 5. The van der Waals surface area contributed by atoms with Crippen molar-refractivity contribution in [3.8, 4) is 0 Å². The minimum atomic E-state index is 0.768. The first-order chi connectivity index (χ1) is 9.75. The highest BCUT2D eigenvalue weighted by molar-refractivity contribution is 4.86. The molecule has 1 aliphatic heterocycles. The molecular formula is C15H28N4O. The number of rotatable bonds is 7. The SMILES string of the molecule is CCc1noc(CN2CCC(CN(CC)CC)CC2)n1. The maximum atomic E-state index is 5.27. The summed E-state index contributed by atoms with van der Waals surface area (Å²) in [5.74, 6) is 2.43. The van der Waals surface area contributed by atoms with Crippen LogP contribution in [0.3, 0.4) is 0 Å². The van der Waals surface area contributed by atoms with E-state index in [1.54, 1.807) is 0 Å². The third-order valence-corrected chi connectivity index (χ3v) is 4.30. The zero-order valence-electron chi connectivity index (χ0n) is 13.1. The van der Waals surface area contributed by atoms with Crippen molar-refractivity contribution in [2.45, 2.75) is 46.6 Å². The van der Waals surface area contributed by atoms with Crippen LogP contribution in [0.5, 0.6) is 0 Å². The van der Waals surface area contributed by atoms with Crippen LogP contribution in [0.15, 0.2) is 4.52 Å². The first-order valence-corrected chi connectivity index (χ1v) is 8.01. The molecule has 0 amide bonds. The Morgan fingerprint density at radius 2 is 1.90 bits per heavy atom. The fourth-order valence-electron chi connectivity index (χ4n) is 2.86. The number of hydrogen-bond donors (Lipinski definition) is 0. The van der Waals surface area contributed by atoms with Gasteiger partial charge >= 0.3 is 0 Å². The summed E-state index contributed by atoms with van der Waals surface area (Å²) in [6, 6.07) is 0. The van der Waals surface area contributed by atoms with Crippen molar-refractivity contribution in [3.63, 3.8) is 0 Å². The van der Waals surface area contributed by atoms with E-state index in [1.807, 2.05) is 6.92 Å². The molecule has 0 radical (unpaired) electrons. The fraction of sp³-hybridized carbons (Fsp3) is 0.867. The van der Waals surface area contributed by atoms with Gasteiger partial charge in [0.05, 0.1) is 6.54 Å². The second-order valence-corrected chi connectivity index (χ2v) is 5.66. The molecule has 1 aliphatic rings. The number of aryl methyl sites for hydroxylation is 1. The molecule has 0 atom stereocenters. The van der Waals surface area contributed by atoms with Gasteiger partial charge in [0.15, 0.2) is 5.82 Å². The summed E-state index contributed by atoms with van der Waals surface area (Å²) in [6.45, 7) is 13.2. The Morgan fingerprint density at radius 3 is 2.45 bits per heavy atom. The average Bonchev–Trinajstić information content (AvgIpc) is 2.94. The molecule has 114 valence electrons. The molecule has 2 heterocycles. The smallest absolute Gasteiger partial charge is 0.240 e. The fourth-order valence-corrected chi connectivity index (χ4v) is 2.86. The van der Waals surface area contributed by atoms with Crippen LogP contribution in [-0.4, -0.2) is 52.7 Å². The van der Waals surface area contributed by atoms with E-state index in [4.69, 9.17) is 4.52 Å². The van der Waals surface area contributed by atoms with Crippen LogP contribution in [0, 0.1) is 5.92 Å². The number of piperidine rings is 1. The molecule has 5 heteroatoms. The summed E-state index contributed by atoms with van der Waals surface area (Å²) in [5, 5.41) is 3.96. The molecule has 1 fully saturated rings. The van der Waals surface area contributed by atoms with Gasteiger partial charge in [-0.2, -0.15) is 4.98 Å². The number of aromatic nitrogens is 2. The highest BCUT2D eigenvalue weighted by Crippen LogP contribution is 2.19. The molecule has 2 rings (SSSR count). The van der Waals surface area contributed by atoms with Gasteiger partial charge in [0.2, 0.25) is 5.89 Å². The monoisotopic (exact) mass is 280 g/mol. The molecule has 0 spiro atoms. The van der Waals surface area contributed by atoms with Crippen molar-refractivity contribution >= 4 is 0 Å². The van der Waals surface area contributed by atoms with Crippen molar-refractivity contribution in [1.82, 2.24) is 19.9 Å². The standard InChI is InChI=1S/C15H28N4O/c1-4-14-16-15(20-17-14)12-19-9-7-13(8-10-19)11-18(5-2)6-3/h13H,4-12H2,1-3H3. The second kappa shape index (κ2) is 7.74. The Hall–Kier alpha value is -0.940. The lowest BCUT2D eigenvalue weighted by molar-refractivity contribution is 0.132. The summed E-state index contributed by atoms with van der Waals surface area (Å²) in [6.07, 6.45) is 3.41. The second-order valence-electron chi connectivity index (χ2n) is 5.66. The van der Waals surface area contributed by atoms with E-state index in [9.17, 15) is 0 Å². The van der Waals surface area contributed by atoms with E-state index in [0.717, 1.165) is 43.7 Å². The zero-order valence-corrected chi connectivity index (χ0v) is 13.1. The predicted molar refractivity (Wildman–Crippen MR) is 79.5 cm³/mol. The van der Waals surface area contributed by atoms with Gasteiger partial charge in [0, 0.05) is 13.0 Å². The quantitative estimate of drug-likeness (QED) is 0.766. The first-order valence-electron chi connectivity index (χ1n) is 8.01. The van der Waals surface area contributed by atoms with Crippen molar-refractivity contribution in [1.29, 1.82) is 0 Å². The Kier molecular flexibility index (Phi) is 5.98. The van der Waals surface area contributed by atoms with Gasteiger partial charge in [-0.15, -0.1) is 0 Å². The van der Waals surface area contributed by atoms with Gasteiger partial charge in [0.25, 0.3) is 0 Å². The Morgan fingerprint density at radius 1 is 1.20 bits per heavy atom. The summed E-state index contributed by atoms with van der Waals surface area (Å²) in [7, 11) is 0. The molecule has 0 saturated carbocycles. The highest BCUT2D eigenvalue weighted by Gasteiger charge is 2.22. The Labute approximate surface area is 122 Å². The Balaban J connectivity index is 1.73. The number of likely N-dealkylation sites (tertiary alicyclic amines) is 1. The van der Waals surface area contributed by atoms with Crippen LogP contribution < -0.4 is 0 Å². The lowest BCUT2D eigenvalue weighted by atomic mass is 9.96. The molecule has 5 nitrogen and oxygen atoms in total. The molecule has 0 N–H and O–H groups in total. The summed E-state index contributed by atoms with van der Waals surface area (Å²) in [5.41, 5.74) is 0. The molecular weight excluding hydrogens is 252 g/mol. The third kappa shape index (κ3) is 4.28. The minimum Gasteiger partial charge on any atom is -0.338 e. The minimum absolute atomic E-state index is 0.768. The van der Waals surface area contributed by atoms with Crippen LogP contribution in [0.4, 0.5) is 0 Å².